The van der Waals surface area contributed by atoms with Crippen molar-refractivity contribution in [3.8, 4) is 11.3 Å². The molecule has 4 rings (SSSR count). The minimum atomic E-state index is -0.0599. The van der Waals surface area contributed by atoms with Crippen LogP contribution in [0.1, 0.15) is 25.0 Å². The minimum Gasteiger partial charge on any atom is -0.320 e. The van der Waals surface area contributed by atoms with Gasteiger partial charge in [0.2, 0.25) is 0 Å². The number of hydrogen-bond acceptors (Lipinski definition) is 2. The van der Waals surface area contributed by atoms with E-state index in [1.165, 1.54) is 21.9 Å². The van der Waals surface area contributed by atoms with Gasteiger partial charge in [0.25, 0.3) is 0 Å². The second kappa shape index (κ2) is 4.47. The molecule has 0 spiro atoms. The largest absolute Gasteiger partial charge is 0.320 e. The van der Waals surface area contributed by atoms with E-state index < -0.39 is 0 Å². The Bertz CT molecular complexity index is 804. The maximum absolute atomic E-state index is 4.59. The fraction of sp³-hybridized carbons (Fsp3) is 0.176. The zero-order valence-electron chi connectivity index (χ0n) is 11.3. The number of aromatic nitrogens is 2. The Kier molecular flexibility index (Phi) is 3.00. The molecule has 0 saturated carbocycles. The zero-order valence-corrected chi connectivity index (χ0v) is 13.7. The first-order valence-corrected chi connectivity index (χ1v) is 6.44. The molecule has 0 bridgehead atoms. The van der Waals surface area contributed by atoms with Gasteiger partial charge >= 0.3 is 0 Å². The standard InChI is InChI=1S/C17H13N2.Ir/c1-17(2)13-5-3-4-11-6-9-19-16(15(11)13)12-7-8-18-10-14(12)17;/h3-6,8-10H,1-2H3;/q-1;. The van der Waals surface area contributed by atoms with Crippen LogP contribution in [0, 0.1) is 6.07 Å². The van der Waals surface area contributed by atoms with Crippen molar-refractivity contribution < 1.29 is 20.1 Å². The molecule has 0 aliphatic heterocycles. The van der Waals surface area contributed by atoms with E-state index in [0.717, 1.165) is 11.3 Å². The van der Waals surface area contributed by atoms with E-state index in [-0.39, 0.29) is 25.5 Å². The molecule has 0 amide bonds. The molecule has 1 radical (unpaired) electrons. The van der Waals surface area contributed by atoms with E-state index in [1.54, 1.807) is 6.20 Å². The topological polar surface area (TPSA) is 25.8 Å². The Morgan fingerprint density at radius 2 is 1.95 bits per heavy atom. The molecule has 2 heterocycles. The fourth-order valence-corrected chi connectivity index (χ4v) is 3.11. The van der Waals surface area contributed by atoms with Gasteiger partial charge in [0.1, 0.15) is 0 Å². The summed E-state index contributed by atoms with van der Waals surface area (Å²) in [6.07, 6.45) is 5.55. The van der Waals surface area contributed by atoms with Crippen LogP contribution in [0.2, 0.25) is 0 Å². The molecule has 1 aliphatic rings. The Hall–Kier alpha value is -1.57. The predicted molar refractivity (Wildman–Crippen MR) is 75.9 cm³/mol. The molecule has 0 saturated heterocycles. The molecular formula is C17H13IrN2-. The number of benzene rings is 1. The summed E-state index contributed by atoms with van der Waals surface area (Å²) in [4.78, 5) is 8.83. The van der Waals surface area contributed by atoms with E-state index >= 15 is 0 Å². The van der Waals surface area contributed by atoms with Gasteiger partial charge in [-0.1, -0.05) is 37.6 Å². The van der Waals surface area contributed by atoms with E-state index in [2.05, 4.69) is 54.1 Å². The minimum absolute atomic E-state index is 0. The first-order valence-electron chi connectivity index (χ1n) is 6.44. The van der Waals surface area contributed by atoms with Gasteiger partial charge in [-0.3, -0.25) is 4.98 Å². The van der Waals surface area contributed by atoms with Crippen LogP contribution in [0.4, 0.5) is 0 Å². The molecule has 1 aliphatic carbocycles. The third-order valence-corrected chi connectivity index (χ3v) is 4.13. The summed E-state index contributed by atoms with van der Waals surface area (Å²) in [6.45, 7) is 4.48. The van der Waals surface area contributed by atoms with Crippen molar-refractivity contribution in [1.82, 2.24) is 9.97 Å². The van der Waals surface area contributed by atoms with Crippen molar-refractivity contribution in [1.29, 1.82) is 0 Å². The SMILES string of the molecule is CC1(C)c2cnc[c-]c2-c2nccc3cccc1c23.[Ir]. The van der Waals surface area contributed by atoms with E-state index in [0.29, 0.717) is 0 Å². The first kappa shape index (κ1) is 13.4. The van der Waals surface area contributed by atoms with Gasteiger partial charge in [0.05, 0.1) is 0 Å². The smallest absolute Gasteiger partial charge is 0.0130 e. The molecule has 3 heteroatoms. The van der Waals surface area contributed by atoms with Crippen LogP contribution in [0.3, 0.4) is 0 Å². The van der Waals surface area contributed by atoms with Crippen molar-refractivity contribution in [3.63, 3.8) is 0 Å². The predicted octanol–water partition coefficient (Wildman–Crippen LogP) is 3.73. The van der Waals surface area contributed by atoms with Gasteiger partial charge in [0.15, 0.2) is 0 Å². The average Bonchev–Trinajstić information content (AvgIpc) is 2.45. The summed E-state index contributed by atoms with van der Waals surface area (Å²) in [7, 11) is 0. The molecule has 3 aromatic rings. The second-order valence-corrected chi connectivity index (χ2v) is 5.53. The second-order valence-electron chi connectivity index (χ2n) is 5.53. The quantitative estimate of drug-likeness (QED) is 0.501. The summed E-state index contributed by atoms with van der Waals surface area (Å²) < 4.78 is 0. The Morgan fingerprint density at radius 3 is 2.80 bits per heavy atom. The molecule has 0 fully saturated rings. The average molecular weight is 438 g/mol. The molecule has 0 N–H and O–H groups in total. The third-order valence-electron chi connectivity index (χ3n) is 4.13. The number of fused-ring (bicyclic) bond motifs is 2. The van der Waals surface area contributed by atoms with Crippen LogP contribution >= 0.6 is 0 Å². The zero-order chi connectivity index (χ0) is 13.0. The van der Waals surface area contributed by atoms with E-state index in [9.17, 15) is 0 Å². The molecule has 20 heavy (non-hydrogen) atoms. The van der Waals surface area contributed by atoms with Gasteiger partial charge < -0.3 is 4.98 Å². The van der Waals surface area contributed by atoms with Gasteiger partial charge in [-0.25, -0.2) is 0 Å². The van der Waals surface area contributed by atoms with Crippen LogP contribution in [0.5, 0.6) is 0 Å². The summed E-state index contributed by atoms with van der Waals surface area (Å²) in [5, 5.41) is 2.50. The van der Waals surface area contributed by atoms with Crippen molar-refractivity contribution in [2.24, 2.45) is 0 Å². The summed E-state index contributed by atoms with van der Waals surface area (Å²) in [6, 6.07) is 11.8. The monoisotopic (exact) mass is 438 g/mol. The van der Waals surface area contributed by atoms with Crippen LogP contribution in [-0.2, 0) is 25.5 Å². The van der Waals surface area contributed by atoms with Crippen molar-refractivity contribution in [3.05, 3.63) is 60.0 Å². The summed E-state index contributed by atoms with van der Waals surface area (Å²) in [5.74, 6) is 0. The number of nitrogens with zero attached hydrogens (tertiary/aromatic N) is 2. The van der Waals surface area contributed by atoms with Crippen molar-refractivity contribution in [2.45, 2.75) is 19.3 Å². The maximum atomic E-state index is 4.59. The molecular weight excluding hydrogens is 424 g/mol. The maximum Gasteiger partial charge on any atom is 0.0130 e. The van der Waals surface area contributed by atoms with Crippen molar-refractivity contribution >= 4 is 10.8 Å². The molecule has 0 atom stereocenters. The Morgan fingerprint density at radius 1 is 1.10 bits per heavy atom. The Labute approximate surface area is 131 Å². The van der Waals surface area contributed by atoms with E-state index in [1.807, 2.05) is 12.4 Å². The van der Waals surface area contributed by atoms with Gasteiger partial charge in [-0.05, 0) is 40.3 Å². The molecule has 0 unspecified atom stereocenters. The van der Waals surface area contributed by atoms with Gasteiger partial charge in [-0.15, -0.1) is 5.56 Å². The van der Waals surface area contributed by atoms with Gasteiger partial charge in [-0.2, -0.15) is 11.6 Å². The van der Waals surface area contributed by atoms with E-state index in [4.69, 9.17) is 0 Å². The molecule has 1 aromatic carbocycles. The number of hydrogen-bond donors (Lipinski definition) is 0. The van der Waals surface area contributed by atoms with Crippen LogP contribution < -0.4 is 0 Å². The normalized spacial score (nSPS) is 14.5. The van der Waals surface area contributed by atoms with Crippen molar-refractivity contribution in [2.75, 3.05) is 0 Å². The molecule has 101 valence electrons. The molecule has 2 nitrogen and oxygen atoms in total. The first-order chi connectivity index (χ1) is 9.19. The number of pyridine rings is 2. The van der Waals surface area contributed by atoms with Crippen LogP contribution in [-0.4, -0.2) is 9.97 Å². The summed E-state index contributed by atoms with van der Waals surface area (Å²) in [5.41, 5.74) is 4.58. The number of rotatable bonds is 0. The van der Waals surface area contributed by atoms with Crippen LogP contribution in [0.15, 0.2) is 42.9 Å². The van der Waals surface area contributed by atoms with Crippen LogP contribution in [0.25, 0.3) is 22.0 Å². The fourth-order valence-electron chi connectivity index (χ4n) is 3.11. The van der Waals surface area contributed by atoms with Gasteiger partial charge in [0, 0.05) is 26.3 Å². The Balaban J connectivity index is 0.00000121. The molecule has 2 aromatic heterocycles. The third kappa shape index (κ3) is 1.60. The summed E-state index contributed by atoms with van der Waals surface area (Å²) >= 11 is 0.